The first-order valence-electron chi connectivity index (χ1n) is 9.77. The van der Waals surface area contributed by atoms with E-state index in [1.54, 1.807) is 35.2 Å². The van der Waals surface area contributed by atoms with E-state index in [1.165, 1.54) is 12.5 Å². The quantitative estimate of drug-likeness (QED) is 0.377. The summed E-state index contributed by atoms with van der Waals surface area (Å²) in [5.74, 6) is -0.709. The zero-order valence-electron chi connectivity index (χ0n) is 16.4. The van der Waals surface area contributed by atoms with Gasteiger partial charge in [-0.1, -0.05) is 17.7 Å². The van der Waals surface area contributed by atoms with Crippen LogP contribution in [0.15, 0.2) is 49.2 Å². The maximum Gasteiger partial charge on any atom is 0.199 e. The molecule has 162 valence electrons. The van der Waals surface area contributed by atoms with Crippen molar-refractivity contribution in [3.8, 4) is 0 Å². The lowest BCUT2D eigenvalue weighted by Crippen LogP contribution is -2.32. The summed E-state index contributed by atoms with van der Waals surface area (Å²) in [5.41, 5.74) is 1.35. The Morgan fingerprint density at radius 1 is 1.35 bits per heavy atom. The van der Waals surface area contributed by atoms with Crippen molar-refractivity contribution in [3.63, 3.8) is 0 Å². The molecule has 4 atom stereocenters. The zero-order valence-corrected chi connectivity index (χ0v) is 17.2. The summed E-state index contributed by atoms with van der Waals surface area (Å²) < 4.78 is 16.2. The van der Waals surface area contributed by atoms with Gasteiger partial charge in [0.2, 0.25) is 0 Å². The minimum Gasteiger partial charge on any atom is -0.396 e. The van der Waals surface area contributed by atoms with Crippen molar-refractivity contribution < 1.29 is 19.4 Å². The van der Waals surface area contributed by atoms with E-state index in [9.17, 15) is 19.4 Å². The molecule has 1 aliphatic carbocycles. The lowest BCUT2D eigenvalue weighted by Gasteiger charge is -2.18. The van der Waals surface area contributed by atoms with Crippen LogP contribution in [0.3, 0.4) is 0 Å². The maximum atomic E-state index is 14.4. The minimum atomic E-state index is -1.58. The van der Waals surface area contributed by atoms with Gasteiger partial charge in [0.25, 0.3) is 0 Å². The number of carbonyl (C=O) groups is 1. The summed E-state index contributed by atoms with van der Waals surface area (Å²) in [5, 5.41) is 22.5. The summed E-state index contributed by atoms with van der Waals surface area (Å²) >= 11 is 5.92. The third kappa shape index (κ3) is 4.58. The van der Waals surface area contributed by atoms with E-state index < -0.39 is 24.2 Å². The number of anilines is 1. The number of aliphatic hydroxyl groups excluding tert-OH is 2. The van der Waals surface area contributed by atoms with Crippen molar-refractivity contribution >= 4 is 23.2 Å². The predicted molar refractivity (Wildman–Crippen MR) is 112 cm³/mol. The standard InChI is InChI=1S/C21H21ClFN5O3/c22-17-3-1-2-14(26-17)9-28-5-4-12(8-28)19(30)15-7-24-11-25-21(15)27-16-6-13(10-29)20(31)18(16)23/h1-5,7-8,11,13,16,18,20,29,31H,6,9-10H2,(H,24,25,27). The zero-order chi connectivity index (χ0) is 22.0. The van der Waals surface area contributed by atoms with Gasteiger partial charge in [-0.3, -0.25) is 4.79 Å². The average molecular weight is 446 g/mol. The Hall–Kier alpha value is -2.88. The number of aliphatic hydroxyl groups is 2. The van der Waals surface area contributed by atoms with Gasteiger partial charge in [0.15, 0.2) is 5.78 Å². The van der Waals surface area contributed by atoms with Crippen molar-refractivity contribution in [1.29, 1.82) is 0 Å². The normalized spacial score (nSPS) is 23.1. The fraction of sp³-hybridized carbons (Fsp3) is 0.333. The molecular weight excluding hydrogens is 425 g/mol. The smallest absolute Gasteiger partial charge is 0.199 e. The minimum absolute atomic E-state index is 0.183. The molecule has 0 saturated heterocycles. The molecule has 3 aromatic rings. The van der Waals surface area contributed by atoms with Crippen LogP contribution in [-0.2, 0) is 6.54 Å². The van der Waals surface area contributed by atoms with Gasteiger partial charge in [0, 0.05) is 36.7 Å². The van der Waals surface area contributed by atoms with Crippen LogP contribution in [0.4, 0.5) is 10.2 Å². The molecule has 0 radical (unpaired) electrons. The summed E-state index contributed by atoms with van der Waals surface area (Å²) in [6.45, 7) is 0.126. The molecule has 3 aromatic heterocycles. The number of ketones is 1. The highest BCUT2D eigenvalue weighted by molar-refractivity contribution is 6.29. The second kappa shape index (κ2) is 9.09. The topological polar surface area (TPSA) is 113 Å². The first-order chi connectivity index (χ1) is 15.0. The van der Waals surface area contributed by atoms with E-state index in [0.29, 0.717) is 17.3 Å². The van der Waals surface area contributed by atoms with E-state index in [1.807, 2.05) is 6.07 Å². The molecule has 0 spiro atoms. The predicted octanol–water partition coefficient (Wildman–Crippen LogP) is 2.10. The Labute approximate surface area is 182 Å². The van der Waals surface area contributed by atoms with Gasteiger partial charge in [0.1, 0.15) is 23.5 Å². The molecule has 10 heteroatoms. The number of alkyl halides is 1. The number of nitrogens with zero attached hydrogens (tertiary/aromatic N) is 4. The SMILES string of the molecule is O=C(c1ccn(Cc2cccc(Cl)n2)c1)c1cncnc1NC1CC(CO)C(O)C1F. The number of rotatable bonds is 7. The number of pyridine rings is 1. The van der Waals surface area contributed by atoms with Crippen LogP contribution in [0.1, 0.15) is 28.0 Å². The molecular formula is C21H21ClFN5O3. The third-order valence-electron chi connectivity index (χ3n) is 5.39. The molecule has 4 unspecified atom stereocenters. The first-order valence-corrected chi connectivity index (χ1v) is 10.2. The van der Waals surface area contributed by atoms with E-state index in [-0.39, 0.29) is 30.2 Å². The van der Waals surface area contributed by atoms with E-state index in [2.05, 4.69) is 20.3 Å². The van der Waals surface area contributed by atoms with Gasteiger partial charge in [-0.25, -0.2) is 19.3 Å². The van der Waals surface area contributed by atoms with Gasteiger partial charge in [-0.2, -0.15) is 0 Å². The second-order valence-electron chi connectivity index (χ2n) is 7.50. The number of carbonyl (C=O) groups excluding carboxylic acids is 1. The van der Waals surface area contributed by atoms with Crippen molar-refractivity contribution in [2.24, 2.45) is 5.92 Å². The molecule has 0 aliphatic heterocycles. The Morgan fingerprint density at radius 2 is 2.19 bits per heavy atom. The molecule has 4 rings (SSSR count). The molecule has 3 heterocycles. The molecule has 0 aromatic carbocycles. The lowest BCUT2D eigenvalue weighted by atomic mass is 10.1. The van der Waals surface area contributed by atoms with Gasteiger partial charge in [-0.15, -0.1) is 0 Å². The summed E-state index contributed by atoms with van der Waals surface area (Å²) in [7, 11) is 0. The van der Waals surface area contributed by atoms with Crippen molar-refractivity contribution in [3.05, 3.63) is 71.2 Å². The fourth-order valence-electron chi connectivity index (χ4n) is 3.76. The van der Waals surface area contributed by atoms with Crippen LogP contribution < -0.4 is 5.32 Å². The van der Waals surface area contributed by atoms with E-state index in [0.717, 1.165) is 5.69 Å². The number of aromatic nitrogens is 4. The molecule has 3 N–H and O–H groups in total. The highest BCUT2D eigenvalue weighted by atomic mass is 35.5. The number of hydrogen-bond donors (Lipinski definition) is 3. The second-order valence-corrected chi connectivity index (χ2v) is 7.89. The Kier molecular flexibility index (Phi) is 6.26. The molecule has 0 amide bonds. The molecule has 1 aliphatic rings. The van der Waals surface area contributed by atoms with Crippen LogP contribution in [0.25, 0.3) is 0 Å². The molecule has 1 saturated carbocycles. The van der Waals surface area contributed by atoms with E-state index in [4.69, 9.17) is 11.6 Å². The van der Waals surface area contributed by atoms with Crippen LogP contribution in [-0.4, -0.2) is 60.4 Å². The summed E-state index contributed by atoms with van der Waals surface area (Å²) in [6.07, 6.45) is 3.44. The molecule has 8 nitrogen and oxygen atoms in total. The van der Waals surface area contributed by atoms with Crippen LogP contribution in [0.5, 0.6) is 0 Å². The Balaban J connectivity index is 1.52. The van der Waals surface area contributed by atoms with E-state index >= 15 is 0 Å². The van der Waals surface area contributed by atoms with Crippen molar-refractivity contribution in [2.45, 2.75) is 31.3 Å². The largest absolute Gasteiger partial charge is 0.396 e. The highest BCUT2D eigenvalue weighted by Gasteiger charge is 2.43. The third-order valence-corrected chi connectivity index (χ3v) is 5.60. The average Bonchev–Trinajstić information content (AvgIpc) is 3.33. The van der Waals surface area contributed by atoms with Gasteiger partial charge < -0.3 is 20.1 Å². The Bertz CT molecular complexity index is 1080. The number of halogens is 2. The number of nitrogens with one attached hydrogen (secondary N) is 1. The van der Waals surface area contributed by atoms with Crippen LogP contribution in [0, 0.1) is 5.92 Å². The van der Waals surface area contributed by atoms with Gasteiger partial charge in [-0.05, 0) is 24.6 Å². The van der Waals surface area contributed by atoms with Crippen molar-refractivity contribution in [1.82, 2.24) is 19.5 Å². The Morgan fingerprint density at radius 3 is 2.94 bits per heavy atom. The highest BCUT2D eigenvalue weighted by Crippen LogP contribution is 2.31. The lowest BCUT2D eigenvalue weighted by molar-refractivity contribution is 0.0444. The van der Waals surface area contributed by atoms with Gasteiger partial charge >= 0.3 is 0 Å². The van der Waals surface area contributed by atoms with Crippen LogP contribution in [0.2, 0.25) is 5.15 Å². The number of hydrogen-bond acceptors (Lipinski definition) is 7. The summed E-state index contributed by atoms with van der Waals surface area (Å²) in [4.78, 5) is 25.3. The summed E-state index contributed by atoms with van der Waals surface area (Å²) in [6, 6.07) is 6.23. The first kappa shape index (κ1) is 21.4. The molecule has 1 fully saturated rings. The van der Waals surface area contributed by atoms with Crippen molar-refractivity contribution in [2.75, 3.05) is 11.9 Å². The molecule has 31 heavy (non-hydrogen) atoms. The molecule has 0 bridgehead atoms. The fourth-order valence-corrected chi connectivity index (χ4v) is 3.94. The van der Waals surface area contributed by atoms with Crippen LogP contribution >= 0.6 is 11.6 Å². The maximum absolute atomic E-state index is 14.4. The monoisotopic (exact) mass is 445 g/mol. The van der Waals surface area contributed by atoms with Gasteiger partial charge in [0.05, 0.1) is 29.9 Å².